The number of anilines is 1. The number of hydrogen-bond acceptors (Lipinski definition) is 4. The normalized spacial score (nSPS) is 12.2. The zero-order chi connectivity index (χ0) is 18.8. The summed E-state index contributed by atoms with van der Waals surface area (Å²) in [4.78, 5) is 24.4. The van der Waals surface area contributed by atoms with Gasteiger partial charge < -0.3 is 10.1 Å². The lowest BCUT2D eigenvalue weighted by atomic mass is 10.1. The minimum atomic E-state index is -0.633. The van der Waals surface area contributed by atoms with E-state index in [1.165, 1.54) is 16.9 Å². The van der Waals surface area contributed by atoms with Crippen molar-refractivity contribution in [3.8, 4) is 5.75 Å². The number of nitrogens with zero attached hydrogens (tertiary/aromatic N) is 1. The topological polar surface area (TPSA) is 60.3 Å². The van der Waals surface area contributed by atoms with Crippen LogP contribution in [-0.4, -0.2) is 16.6 Å². The highest BCUT2D eigenvalue weighted by atomic mass is 32.1. The van der Waals surface area contributed by atoms with Crippen molar-refractivity contribution in [2.45, 2.75) is 40.3 Å². The maximum absolute atomic E-state index is 12.4. The van der Waals surface area contributed by atoms with Crippen LogP contribution in [-0.2, 0) is 11.3 Å². The summed E-state index contributed by atoms with van der Waals surface area (Å²) in [7, 11) is 0. The molecule has 0 bridgehead atoms. The van der Waals surface area contributed by atoms with Crippen LogP contribution in [0.5, 0.6) is 5.75 Å². The van der Waals surface area contributed by atoms with Crippen LogP contribution in [0.15, 0.2) is 41.2 Å². The SMILES string of the molecule is CCn1c(=O)sc2cc(NC(=O)[C@@H](C)Oc3ccc(C)c(C)c3)ccc21. The Morgan fingerprint density at radius 3 is 2.65 bits per heavy atom. The largest absolute Gasteiger partial charge is 0.481 e. The molecular weight excluding hydrogens is 348 g/mol. The van der Waals surface area contributed by atoms with E-state index in [0.717, 1.165) is 15.8 Å². The predicted molar refractivity (Wildman–Crippen MR) is 106 cm³/mol. The summed E-state index contributed by atoms with van der Waals surface area (Å²) in [5.41, 5.74) is 3.85. The van der Waals surface area contributed by atoms with Crippen LogP contribution < -0.4 is 14.9 Å². The van der Waals surface area contributed by atoms with Crippen molar-refractivity contribution in [3.05, 3.63) is 57.2 Å². The minimum Gasteiger partial charge on any atom is -0.481 e. The molecular formula is C20H22N2O3S. The minimum absolute atomic E-state index is 0.0115. The number of nitrogens with one attached hydrogen (secondary N) is 1. The van der Waals surface area contributed by atoms with Gasteiger partial charge in [0.1, 0.15) is 5.75 Å². The fourth-order valence-corrected chi connectivity index (χ4v) is 3.73. The highest BCUT2D eigenvalue weighted by molar-refractivity contribution is 7.16. The highest BCUT2D eigenvalue weighted by Gasteiger charge is 2.16. The predicted octanol–water partition coefficient (Wildman–Crippen LogP) is 4.11. The smallest absolute Gasteiger partial charge is 0.308 e. The van der Waals surface area contributed by atoms with Crippen LogP contribution in [0.4, 0.5) is 5.69 Å². The number of benzene rings is 2. The molecule has 0 spiro atoms. The average molecular weight is 370 g/mol. The van der Waals surface area contributed by atoms with Gasteiger partial charge in [-0.3, -0.25) is 14.2 Å². The van der Waals surface area contributed by atoms with Gasteiger partial charge in [-0.05, 0) is 69.2 Å². The van der Waals surface area contributed by atoms with Gasteiger partial charge in [0.05, 0.1) is 10.2 Å². The summed E-state index contributed by atoms with van der Waals surface area (Å²) in [6.07, 6.45) is -0.633. The lowest BCUT2D eigenvalue weighted by Crippen LogP contribution is -2.30. The van der Waals surface area contributed by atoms with E-state index < -0.39 is 6.10 Å². The number of fused-ring (bicyclic) bond motifs is 1. The summed E-state index contributed by atoms with van der Waals surface area (Å²) in [6, 6.07) is 11.3. The molecule has 0 saturated heterocycles. The third-order valence-electron chi connectivity index (χ3n) is 4.41. The first-order chi connectivity index (χ1) is 12.4. The molecule has 26 heavy (non-hydrogen) atoms. The fraction of sp³-hybridized carbons (Fsp3) is 0.300. The molecule has 0 aliphatic rings. The highest BCUT2D eigenvalue weighted by Crippen LogP contribution is 2.22. The zero-order valence-corrected chi connectivity index (χ0v) is 16.1. The number of carbonyl (C=O) groups excluding carboxylic acids is 1. The van der Waals surface area contributed by atoms with Gasteiger partial charge in [-0.15, -0.1) is 0 Å². The molecule has 0 fully saturated rings. The number of aryl methyl sites for hydroxylation is 3. The maximum Gasteiger partial charge on any atom is 0.308 e. The van der Waals surface area contributed by atoms with Crippen LogP contribution in [0.2, 0.25) is 0 Å². The number of ether oxygens (including phenoxy) is 1. The van der Waals surface area contributed by atoms with Gasteiger partial charge in [-0.2, -0.15) is 0 Å². The van der Waals surface area contributed by atoms with Crippen LogP contribution in [0.25, 0.3) is 10.2 Å². The Hall–Kier alpha value is -2.60. The number of aromatic nitrogens is 1. The Morgan fingerprint density at radius 1 is 1.19 bits per heavy atom. The van der Waals surface area contributed by atoms with E-state index in [1.54, 1.807) is 17.6 Å². The summed E-state index contributed by atoms with van der Waals surface area (Å²) in [5, 5.41) is 2.86. The molecule has 5 nitrogen and oxygen atoms in total. The lowest BCUT2D eigenvalue weighted by Gasteiger charge is -2.15. The molecule has 3 aromatic rings. The molecule has 1 N–H and O–H groups in total. The molecule has 0 unspecified atom stereocenters. The van der Waals surface area contributed by atoms with Gasteiger partial charge in [0.15, 0.2) is 6.10 Å². The van der Waals surface area contributed by atoms with E-state index in [0.29, 0.717) is 18.0 Å². The second-order valence-electron chi connectivity index (χ2n) is 6.29. The van der Waals surface area contributed by atoms with Crippen LogP contribution in [0.1, 0.15) is 25.0 Å². The van der Waals surface area contributed by atoms with Gasteiger partial charge in [0, 0.05) is 12.2 Å². The lowest BCUT2D eigenvalue weighted by molar-refractivity contribution is -0.122. The Bertz CT molecular complexity index is 1020. The fourth-order valence-electron chi connectivity index (χ4n) is 2.73. The monoisotopic (exact) mass is 370 g/mol. The molecule has 0 saturated carbocycles. The molecule has 0 aliphatic carbocycles. The third kappa shape index (κ3) is 3.65. The Balaban J connectivity index is 1.73. The van der Waals surface area contributed by atoms with Crippen molar-refractivity contribution in [2.75, 3.05) is 5.32 Å². The van der Waals surface area contributed by atoms with Crippen molar-refractivity contribution >= 4 is 33.1 Å². The number of hydrogen-bond donors (Lipinski definition) is 1. The second-order valence-corrected chi connectivity index (χ2v) is 7.28. The van der Waals surface area contributed by atoms with Crippen molar-refractivity contribution in [1.82, 2.24) is 4.57 Å². The molecule has 0 aliphatic heterocycles. The van der Waals surface area contributed by atoms with Gasteiger partial charge >= 0.3 is 4.87 Å². The summed E-state index contributed by atoms with van der Waals surface area (Å²) < 4.78 is 8.33. The van der Waals surface area contributed by atoms with Gasteiger partial charge in [0.2, 0.25) is 0 Å². The average Bonchev–Trinajstić information content (AvgIpc) is 2.92. The maximum atomic E-state index is 12.4. The van der Waals surface area contributed by atoms with E-state index in [1.807, 2.05) is 51.1 Å². The number of thiazole rings is 1. The van der Waals surface area contributed by atoms with Gasteiger partial charge in [-0.1, -0.05) is 17.4 Å². The summed E-state index contributed by atoms with van der Waals surface area (Å²) >= 11 is 1.18. The van der Waals surface area contributed by atoms with E-state index in [-0.39, 0.29) is 10.8 Å². The van der Waals surface area contributed by atoms with Crippen molar-refractivity contribution < 1.29 is 9.53 Å². The van der Waals surface area contributed by atoms with E-state index in [9.17, 15) is 9.59 Å². The quantitative estimate of drug-likeness (QED) is 0.735. The second kappa shape index (κ2) is 7.33. The van der Waals surface area contributed by atoms with Crippen molar-refractivity contribution in [2.24, 2.45) is 0 Å². The Labute approximate surface area is 156 Å². The molecule has 3 rings (SSSR count). The van der Waals surface area contributed by atoms with E-state index in [2.05, 4.69) is 5.32 Å². The first-order valence-electron chi connectivity index (χ1n) is 8.57. The van der Waals surface area contributed by atoms with Crippen LogP contribution in [0.3, 0.4) is 0 Å². The van der Waals surface area contributed by atoms with E-state index in [4.69, 9.17) is 4.74 Å². The summed E-state index contributed by atoms with van der Waals surface area (Å²) in [6.45, 7) is 8.33. The molecule has 1 amide bonds. The zero-order valence-electron chi connectivity index (χ0n) is 15.3. The summed E-state index contributed by atoms with van der Waals surface area (Å²) in [5.74, 6) is 0.439. The Morgan fingerprint density at radius 2 is 1.96 bits per heavy atom. The standard InChI is InChI=1S/C20H22N2O3S/c1-5-22-17-9-7-15(11-18(17)26-20(22)24)21-19(23)14(4)25-16-8-6-12(2)13(3)10-16/h6-11,14H,5H2,1-4H3,(H,21,23)/t14-/m1/s1. The molecule has 1 atom stereocenters. The van der Waals surface area contributed by atoms with Crippen LogP contribution in [0, 0.1) is 13.8 Å². The molecule has 1 heterocycles. The number of rotatable bonds is 5. The Kier molecular flexibility index (Phi) is 5.13. The molecule has 0 radical (unpaired) electrons. The number of carbonyl (C=O) groups is 1. The van der Waals surface area contributed by atoms with Gasteiger partial charge in [0.25, 0.3) is 5.91 Å². The van der Waals surface area contributed by atoms with Crippen molar-refractivity contribution in [3.63, 3.8) is 0 Å². The molecule has 2 aromatic carbocycles. The first-order valence-corrected chi connectivity index (χ1v) is 9.39. The molecule has 136 valence electrons. The van der Waals surface area contributed by atoms with Gasteiger partial charge in [-0.25, -0.2) is 0 Å². The van der Waals surface area contributed by atoms with E-state index >= 15 is 0 Å². The first kappa shape index (κ1) is 18.2. The molecule has 1 aromatic heterocycles. The third-order valence-corrected chi connectivity index (χ3v) is 5.35. The van der Waals surface area contributed by atoms with Crippen molar-refractivity contribution in [1.29, 1.82) is 0 Å². The van der Waals surface area contributed by atoms with Crippen LogP contribution >= 0.6 is 11.3 Å². The molecule has 6 heteroatoms. The number of amides is 1.